The quantitative estimate of drug-likeness (QED) is 0.424. The molecule has 0 N–H and O–H groups in total. The van der Waals surface area contributed by atoms with Gasteiger partial charge in [-0.3, -0.25) is 0 Å². The van der Waals surface area contributed by atoms with Crippen LogP contribution in [0.3, 0.4) is 0 Å². The molecule has 4 heteroatoms. The van der Waals surface area contributed by atoms with Crippen LogP contribution < -0.4 is 0 Å². The molecule has 1 rings (SSSR count). The summed E-state index contributed by atoms with van der Waals surface area (Å²) in [6.07, 6.45) is 0. The van der Waals surface area contributed by atoms with Crippen LogP contribution >= 0.6 is 0 Å². The number of carbonyl (C=O) groups is 2. The topological polar surface area (TPSA) is 37.4 Å². The maximum atomic E-state index is 10.7. The van der Waals surface area contributed by atoms with Gasteiger partial charge in [0.15, 0.2) is 0 Å². The molecule has 3 nitrogen and oxygen atoms in total. The second-order valence-electron chi connectivity index (χ2n) is 1.84. The average molecular weight is 241 g/mol. The Morgan fingerprint density at radius 3 is 2.11 bits per heavy atom. The molecule has 0 atom stereocenters. The Kier molecular flexibility index (Phi) is 2.09. The standard InChI is InChI=1S/C5H7NO2Te/c1-6-4(7)2-9-3-5(6)8/h2-3H2,1H3. The molecule has 1 aliphatic rings. The molecule has 1 aliphatic heterocycles. The molecule has 9 heavy (non-hydrogen) atoms. The molecule has 0 unspecified atom stereocenters. The van der Waals surface area contributed by atoms with Gasteiger partial charge < -0.3 is 0 Å². The van der Waals surface area contributed by atoms with E-state index in [2.05, 4.69) is 0 Å². The molecule has 1 heterocycles. The number of amides is 2. The van der Waals surface area contributed by atoms with Crippen LogP contribution in [0.15, 0.2) is 0 Å². The van der Waals surface area contributed by atoms with Crippen LogP contribution in [0.2, 0.25) is 8.94 Å². The van der Waals surface area contributed by atoms with Crippen molar-refractivity contribution in [2.45, 2.75) is 8.94 Å². The third-order valence-corrected chi connectivity index (χ3v) is 3.77. The van der Waals surface area contributed by atoms with Crippen molar-refractivity contribution in [2.24, 2.45) is 0 Å². The predicted octanol–water partition coefficient (Wildman–Crippen LogP) is -0.474. The van der Waals surface area contributed by atoms with Gasteiger partial charge in [0.25, 0.3) is 0 Å². The van der Waals surface area contributed by atoms with Gasteiger partial charge in [0.2, 0.25) is 0 Å². The van der Waals surface area contributed by atoms with Crippen molar-refractivity contribution < 1.29 is 9.59 Å². The van der Waals surface area contributed by atoms with Gasteiger partial charge in [-0.1, -0.05) is 0 Å². The van der Waals surface area contributed by atoms with E-state index in [1.165, 1.54) is 4.90 Å². The monoisotopic (exact) mass is 243 g/mol. The van der Waals surface area contributed by atoms with Gasteiger partial charge in [-0.25, -0.2) is 0 Å². The summed E-state index contributed by atoms with van der Waals surface area (Å²) >= 11 is -0.290. The van der Waals surface area contributed by atoms with Gasteiger partial charge in [-0.2, -0.15) is 0 Å². The van der Waals surface area contributed by atoms with Gasteiger partial charge in [0.1, 0.15) is 0 Å². The van der Waals surface area contributed by atoms with Crippen LogP contribution in [0.1, 0.15) is 0 Å². The first-order valence-corrected chi connectivity index (χ1v) is 5.88. The second kappa shape index (κ2) is 2.68. The maximum absolute atomic E-state index is 10.7. The van der Waals surface area contributed by atoms with Crippen molar-refractivity contribution >= 4 is 32.7 Å². The molecular formula is C5H7NO2Te. The summed E-state index contributed by atoms with van der Waals surface area (Å²) in [5.41, 5.74) is 0. The van der Waals surface area contributed by atoms with E-state index in [9.17, 15) is 9.59 Å². The van der Waals surface area contributed by atoms with Gasteiger partial charge in [0, 0.05) is 0 Å². The van der Waals surface area contributed by atoms with Gasteiger partial charge in [-0.15, -0.1) is 0 Å². The van der Waals surface area contributed by atoms with Crippen LogP contribution in [0.25, 0.3) is 0 Å². The van der Waals surface area contributed by atoms with Crippen LogP contribution in [-0.2, 0) is 9.59 Å². The molecule has 2 amide bonds. The van der Waals surface area contributed by atoms with Gasteiger partial charge in [-0.05, 0) is 0 Å². The molecule has 0 saturated carbocycles. The Morgan fingerprint density at radius 2 is 1.78 bits per heavy atom. The second-order valence-corrected chi connectivity index (χ2v) is 4.65. The molecule has 0 aromatic heterocycles. The third kappa shape index (κ3) is 1.44. The number of hydrogen-bond donors (Lipinski definition) is 0. The van der Waals surface area contributed by atoms with Crippen LogP contribution in [0.5, 0.6) is 0 Å². The van der Waals surface area contributed by atoms with E-state index < -0.39 is 0 Å². The molecule has 0 aromatic carbocycles. The van der Waals surface area contributed by atoms with Crippen molar-refractivity contribution in [3.8, 4) is 0 Å². The van der Waals surface area contributed by atoms with E-state index in [4.69, 9.17) is 0 Å². The fraction of sp³-hybridized carbons (Fsp3) is 0.600. The molecule has 1 fully saturated rings. The Bertz CT molecular complexity index is 141. The number of imide groups is 1. The zero-order chi connectivity index (χ0) is 6.85. The number of rotatable bonds is 0. The first-order valence-electron chi connectivity index (χ1n) is 2.59. The van der Waals surface area contributed by atoms with Crippen molar-refractivity contribution in [1.29, 1.82) is 0 Å². The average Bonchev–Trinajstić information content (AvgIpc) is 1.83. The minimum atomic E-state index is -0.290. The Labute approximate surface area is 63.5 Å². The molecule has 50 valence electrons. The zero-order valence-electron chi connectivity index (χ0n) is 5.09. The number of carbonyl (C=O) groups excluding carboxylic acids is 2. The molecule has 1 saturated heterocycles. The summed E-state index contributed by atoms with van der Waals surface area (Å²) in [6.45, 7) is 0. The Morgan fingerprint density at radius 1 is 1.33 bits per heavy atom. The van der Waals surface area contributed by atoms with Gasteiger partial charge >= 0.3 is 63.2 Å². The van der Waals surface area contributed by atoms with E-state index in [1.807, 2.05) is 0 Å². The zero-order valence-corrected chi connectivity index (χ0v) is 7.42. The predicted molar refractivity (Wildman–Crippen MR) is 33.1 cm³/mol. The molecule has 0 aromatic rings. The molecule has 0 aliphatic carbocycles. The molecule has 0 bridgehead atoms. The summed E-state index contributed by atoms with van der Waals surface area (Å²) in [7, 11) is 1.55. The molecule has 0 radical (unpaired) electrons. The SMILES string of the molecule is CN1C(=O)C[Te]CC1=O. The van der Waals surface area contributed by atoms with Crippen molar-refractivity contribution in [3.05, 3.63) is 0 Å². The number of nitrogens with zero attached hydrogens (tertiary/aromatic N) is 1. The summed E-state index contributed by atoms with van der Waals surface area (Å²) in [6, 6.07) is 0. The summed E-state index contributed by atoms with van der Waals surface area (Å²) in [4.78, 5) is 22.7. The fourth-order valence-electron chi connectivity index (χ4n) is 0.558. The first-order chi connectivity index (χ1) is 4.22. The van der Waals surface area contributed by atoms with Crippen molar-refractivity contribution in [2.75, 3.05) is 7.05 Å². The fourth-order valence-corrected chi connectivity index (χ4v) is 2.95. The van der Waals surface area contributed by atoms with Crippen LogP contribution in [0.4, 0.5) is 0 Å². The summed E-state index contributed by atoms with van der Waals surface area (Å²) < 4.78 is 1.32. The van der Waals surface area contributed by atoms with Crippen LogP contribution in [-0.4, -0.2) is 44.7 Å². The van der Waals surface area contributed by atoms with Crippen molar-refractivity contribution in [3.63, 3.8) is 0 Å². The minimum absolute atomic E-state index is 0.00801. The summed E-state index contributed by atoms with van der Waals surface area (Å²) in [5.74, 6) is 0.0160. The Balaban J connectivity index is 2.62. The van der Waals surface area contributed by atoms with E-state index in [0.717, 1.165) is 0 Å². The first kappa shape index (κ1) is 7.04. The van der Waals surface area contributed by atoms with E-state index >= 15 is 0 Å². The van der Waals surface area contributed by atoms with Crippen molar-refractivity contribution in [1.82, 2.24) is 4.90 Å². The summed E-state index contributed by atoms with van der Waals surface area (Å²) in [5, 5.41) is 0. The van der Waals surface area contributed by atoms with E-state index in [-0.39, 0.29) is 32.7 Å². The third-order valence-electron chi connectivity index (χ3n) is 1.20. The van der Waals surface area contributed by atoms with E-state index in [0.29, 0.717) is 8.94 Å². The molecule has 0 spiro atoms. The number of hydrogen-bond acceptors (Lipinski definition) is 2. The molecular weight excluding hydrogens is 234 g/mol. The Hall–Kier alpha value is -0.0704. The van der Waals surface area contributed by atoms with Gasteiger partial charge in [0.05, 0.1) is 0 Å². The normalized spacial score (nSPS) is 20.8. The van der Waals surface area contributed by atoms with E-state index in [1.54, 1.807) is 7.05 Å². The van der Waals surface area contributed by atoms with Crippen LogP contribution in [0, 0.1) is 0 Å².